The Bertz CT molecular complexity index is 837. The van der Waals surface area contributed by atoms with E-state index < -0.39 is 6.10 Å². The smallest absolute Gasteiger partial charge is 0.119 e. The van der Waals surface area contributed by atoms with Gasteiger partial charge in [-0.05, 0) is 48.0 Å². The van der Waals surface area contributed by atoms with Gasteiger partial charge in [0.2, 0.25) is 0 Å². The maximum atomic E-state index is 10.3. The van der Waals surface area contributed by atoms with Crippen LogP contribution >= 0.6 is 11.6 Å². The Labute approximate surface area is 165 Å². The molecule has 0 amide bonds. The molecule has 0 saturated carbocycles. The van der Waals surface area contributed by atoms with Crippen LogP contribution in [0.5, 0.6) is 5.75 Å². The van der Waals surface area contributed by atoms with Gasteiger partial charge in [-0.2, -0.15) is 0 Å². The summed E-state index contributed by atoms with van der Waals surface area (Å²) in [6.07, 6.45) is -0.567. The van der Waals surface area contributed by atoms with E-state index in [2.05, 4.69) is 17.0 Å². The quantitative estimate of drug-likeness (QED) is 0.603. The molecular weight excluding hydrogens is 358 g/mol. The molecule has 0 aliphatic carbocycles. The van der Waals surface area contributed by atoms with Crippen molar-refractivity contribution in [2.24, 2.45) is 0 Å². The highest BCUT2D eigenvalue weighted by Crippen LogP contribution is 2.22. The summed E-state index contributed by atoms with van der Waals surface area (Å²) in [7, 11) is 1.97. The second kappa shape index (κ2) is 9.56. The molecule has 3 aromatic rings. The standard InChI is InChI=1S/C23H24ClNO2/c1-25(15-18-6-5-9-21(24)14-18)16-22(26)17-27-23-12-10-20(11-13-23)19-7-3-2-4-8-19/h2-14,22,26H,15-17H2,1H3/t22-/m0/s1. The third-order valence-electron chi connectivity index (χ3n) is 4.27. The molecule has 0 aromatic heterocycles. The zero-order valence-corrected chi connectivity index (χ0v) is 16.1. The van der Waals surface area contributed by atoms with Crippen LogP contribution in [0.2, 0.25) is 5.02 Å². The van der Waals surface area contributed by atoms with Gasteiger partial charge in [-0.25, -0.2) is 0 Å². The minimum Gasteiger partial charge on any atom is -0.491 e. The fourth-order valence-corrected chi connectivity index (χ4v) is 3.20. The molecule has 0 saturated heterocycles. The Balaban J connectivity index is 1.46. The minimum atomic E-state index is -0.567. The largest absolute Gasteiger partial charge is 0.491 e. The van der Waals surface area contributed by atoms with E-state index in [4.69, 9.17) is 16.3 Å². The molecule has 27 heavy (non-hydrogen) atoms. The van der Waals surface area contributed by atoms with Crippen LogP contribution in [0.25, 0.3) is 11.1 Å². The number of hydrogen-bond donors (Lipinski definition) is 1. The van der Waals surface area contributed by atoms with Gasteiger partial charge >= 0.3 is 0 Å². The van der Waals surface area contributed by atoms with Crippen LogP contribution < -0.4 is 4.74 Å². The van der Waals surface area contributed by atoms with Crippen LogP contribution in [0.1, 0.15) is 5.56 Å². The number of rotatable bonds is 8. The van der Waals surface area contributed by atoms with E-state index in [0.29, 0.717) is 6.54 Å². The van der Waals surface area contributed by atoms with Crippen LogP contribution in [0, 0.1) is 0 Å². The van der Waals surface area contributed by atoms with E-state index in [0.717, 1.165) is 28.4 Å². The van der Waals surface area contributed by atoms with E-state index in [-0.39, 0.29) is 6.61 Å². The Morgan fingerprint density at radius 2 is 1.63 bits per heavy atom. The van der Waals surface area contributed by atoms with E-state index in [9.17, 15) is 5.11 Å². The summed E-state index contributed by atoms with van der Waals surface area (Å²) >= 11 is 6.01. The Morgan fingerprint density at radius 1 is 0.926 bits per heavy atom. The number of ether oxygens (including phenoxy) is 1. The molecule has 0 bridgehead atoms. The lowest BCUT2D eigenvalue weighted by atomic mass is 10.1. The summed E-state index contributed by atoms with van der Waals surface area (Å²) in [4.78, 5) is 2.05. The minimum absolute atomic E-state index is 0.255. The third-order valence-corrected chi connectivity index (χ3v) is 4.50. The summed E-state index contributed by atoms with van der Waals surface area (Å²) in [5.74, 6) is 0.756. The first-order valence-electron chi connectivity index (χ1n) is 8.99. The van der Waals surface area contributed by atoms with Crippen LogP contribution in [-0.2, 0) is 6.54 Å². The lowest BCUT2D eigenvalue weighted by Gasteiger charge is -2.21. The van der Waals surface area contributed by atoms with Crippen molar-refractivity contribution < 1.29 is 9.84 Å². The molecular formula is C23H24ClNO2. The van der Waals surface area contributed by atoms with Gasteiger partial charge in [-0.1, -0.05) is 66.2 Å². The van der Waals surface area contributed by atoms with E-state index >= 15 is 0 Å². The van der Waals surface area contributed by atoms with Crippen LogP contribution in [0.3, 0.4) is 0 Å². The second-order valence-corrected chi connectivity index (χ2v) is 7.12. The van der Waals surface area contributed by atoms with Gasteiger partial charge in [0.1, 0.15) is 18.5 Å². The van der Waals surface area contributed by atoms with E-state index in [1.165, 1.54) is 5.56 Å². The molecule has 0 fully saturated rings. The molecule has 3 aromatic carbocycles. The van der Waals surface area contributed by atoms with Crippen molar-refractivity contribution in [3.05, 3.63) is 89.4 Å². The summed E-state index contributed by atoms with van der Waals surface area (Å²) < 4.78 is 5.73. The molecule has 0 unspecified atom stereocenters. The summed E-state index contributed by atoms with van der Waals surface area (Å²) in [6, 6.07) is 25.9. The van der Waals surface area contributed by atoms with Crippen molar-refractivity contribution in [2.45, 2.75) is 12.6 Å². The summed E-state index contributed by atoms with van der Waals surface area (Å²) in [5, 5.41) is 11.0. The van der Waals surface area contributed by atoms with Crippen LogP contribution in [0.4, 0.5) is 0 Å². The summed E-state index contributed by atoms with van der Waals surface area (Å²) in [6.45, 7) is 1.50. The SMILES string of the molecule is CN(Cc1cccc(Cl)c1)C[C@H](O)COc1ccc(-c2ccccc2)cc1. The molecule has 1 N–H and O–H groups in total. The molecule has 140 valence electrons. The maximum absolute atomic E-state index is 10.3. The zero-order chi connectivity index (χ0) is 19.1. The van der Waals surface area contributed by atoms with Gasteiger partial charge in [0.05, 0.1) is 0 Å². The lowest BCUT2D eigenvalue weighted by molar-refractivity contribution is 0.0744. The monoisotopic (exact) mass is 381 g/mol. The van der Waals surface area contributed by atoms with Crippen molar-refractivity contribution in [3.63, 3.8) is 0 Å². The number of likely N-dealkylation sites (N-methyl/N-ethyl adjacent to an activating group) is 1. The molecule has 0 aliphatic heterocycles. The first-order valence-corrected chi connectivity index (χ1v) is 9.37. The zero-order valence-electron chi connectivity index (χ0n) is 15.4. The van der Waals surface area contributed by atoms with Crippen molar-refractivity contribution >= 4 is 11.6 Å². The summed E-state index contributed by atoms with van der Waals surface area (Å²) in [5.41, 5.74) is 3.44. The average Bonchev–Trinajstić information content (AvgIpc) is 2.67. The third kappa shape index (κ3) is 6.10. The number of aliphatic hydroxyl groups excluding tert-OH is 1. The van der Waals surface area contributed by atoms with Gasteiger partial charge in [-0.3, -0.25) is 4.90 Å². The number of aliphatic hydroxyl groups is 1. The molecule has 4 heteroatoms. The number of halogens is 1. The number of hydrogen-bond acceptors (Lipinski definition) is 3. The first-order chi connectivity index (χ1) is 13.1. The Kier molecular flexibility index (Phi) is 6.88. The van der Waals surface area contributed by atoms with Gasteiger partial charge in [0, 0.05) is 18.1 Å². The second-order valence-electron chi connectivity index (χ2n) is 6.68. The van der Waals surface area contributed by atoms with E-state index in [1.54, 1.807) is 0 Å². The van der Waals surface area contributed by atoms with Crippen LogP contribution in [-0.4, -0.2) is 36.3 Å². The van der Waals surface area contributed by atoms with Gasteiger partial charge in [0.15, 0.2) is 0 Å². The highest BCUT2D eigenvalue weighted by atomic mass is 35.5. The number of nitrogens with zero attached hydrogens (tertiary/aromatic N) is 1. The highest BCUT2D eigenvalue weighted by molar-refractivity contribution is 6.30. The van der Waals surface area contributed by atoms with E-state index in [1.807, 2.05) is 73.8 Å². The molecule has 0 spiro atoms. The van der Waals surface area contributed by atoms with Crippen molar-refractivity contribution in [1.29, 1.82) is 0 Å². The molecule has 3 rings (SSSR count). The Hall–Kier alpha value is -2.33. The van der Waals surface area contributed by atoms with Crippen molar-refractivity contribution in [2.75, 3.05) is 20.2 Å². The van der Waals surface area contributed by atoms with Crippen molar-refractivity contribution in [3.8, 4) is 16.9 Å². The molecule has 1 atom stereocenters. The van der Waals surface area contributed by atoms with Crippen LogP contribution in [0.15, 0.2) is 78.9 Å². The van der Waals surface area contributed by atoms with Gasteiger partial charge in [-0.15, -0.1) is 0 Å². The van der Waals surface area contributed by atoms with Gasteiger partial charge in [0.25, 0.3) is 0 Å². The normalized spacial score (nSPS) is 12.1. The topological polar surface area (TPSA) is 32.7 Å². The molecule has 0 aliphatic rings. The first kappa shape index (κ1) is 19.4. The van der Waals surface area contributed by atoms with Gasteiger partial charge < -0.3 is 9.84 Å². The maximum Gasteiger partial charge on any atom is 0.119 e. The molecule has 0 radical (unpaired) electrons. The predicted octanol–water partition coefficient (Wildman–Crippen LogP) is 4.88. The molecule has 0 heterocycles. The Morgan fingerprint density at radius 3 is 2.33 bits per heavy atom. The number of benzene rings is 3. The van der Waals surface area contributed by atoms with Crippen molar-refractivity contribution in [1.82, 2.24) is 4.90 Å². The average molecular weight is 382 g/mol. The fourth-order valence-electron chi connectivity index (χ4n) is 2.99. The lowest BCUT2D eigenvalue weighted by Crippen LogP contribution is -2.32. The highest BCUT2D eigenvalue weighted by Gasteiger charge is 2.10. The fraction of sp³-hybridized carbons (Fsp3) is 0.217. The predicted molar refractivity (Wildman–Crippen MR) is 111 cm³/mol. The molecule has 3 nitrogen and oxygen atoms in total.